The van der Waals surface area contributed by atoms with Crippen molar-refractivity contribution in [2.45, 2.75) is 58.0 Å². The molecule has 1 aliphatic rings. The first-order valence-electron chi connectivity index (χ1n) is 12.4. The molecule has 2 aromatic rings. The van der Waals surface area contributed by atoms with Crippen LogP contribution in [0.15, 0.2) is 42.5 Å². The third kappa shape index (κ3) is 5.95. The van der Waals surface area contributed by atoms with Crippen molar-refractivity contribution in [1.82, 2.24) is 15.1 Å². The fourth-order valence-corrected chi connectivity index (χ4v) is 4.81. The molecule has 34 heavy (non-hydrogen) atoms. The van der Waals surface area contributed by atoms with Gasteiger partial charge in [-0.2, -0.15) is 0 Å². The van der Waals surface area contributed by atoms with Gasteiger partial charge in [0.15, 0.2) is 0 Å². The molecule has 0 spiro atoms. The lowest BCUT2D eigenvalue weighted by Crippen LogP contribution is -2.55. The van der Waals surface area contributed by atoms with Gasteiger partial charge < -0.3 is 20.9 Å². The highest BCUT2D eigenvalue weighted by molar-refractivity contribution is 5.93. The Balaban J connectivity index is 1.80. The minimum absolute atomic E-state index is 0.0419. The van der Waals surface area contributed by atoms with Crippen LogP contribution in [0.4, 0.5) is 0 Å². The van der Waals surface area contributed by atoms with E-state index in [2.05, 4.69) is 11.4 Å². The van der Waals surface area contributed by atoms with Gasteiger partial charge in [-0.3, -0.25) is 14.4 Å². The predicted molar refractivity (Wildman–Crippen MR) is 135 cm³/mol. The van der Waals surface area contributed by atoms with Crippen molar-refractivity contribution >= 4 is 28.5 Å². The molecule has 0 saturated carbocycles. The molecule has 2 aromatic carbocycles. The molecule has 0 aromatic heterocycles. The van der Waals surface area contributed by atoms with E-state index in [0.29, 0.717) is 32.5 Å². The number of nitrogens with two attached hydrogens (primary N) is 1. The van der Waals surface area contributed by atoms with E-state index in [1.807, 2.05) is 50.2 Å². The van der Waals surface area contributed by atoms with Gasteiger partial charge in [0.2, 0.25) is 17.7 Å². The molecule has 1 heterocycles. The van der Waals surface area contributed by atoms with E-state index in [4.69, 9.17) is 5.73 Å². The second-order valence-corrected chi connectivity index (χ2v) is 9.20. The van der Waals surface area contributed by atoms with Gasteiger partial charge in [-0.1, -0.05) is 56.3 Å². The highest BCUT2D eigenvalue weighted by atomic mass is 16.2. The summed E-state index contributed by atoms with van der Waals surface area (Å²) in [5, 5.41) is 5.20. The molecule has 7 heteroatoms. The lowest BCUT2D eigenvalue weighted by Gasteiger charge is -2.30. The van der Waals surface area contributed by atoms with Gasteiger partial charge in [0.1, 0.15) is 12.1 Å². The van der Waals surface area contributed by atoms with E-state index in [0.717, 1.165) is 35.6 Å². The Labute approximate surface area is 202 Å². The number of fused-ring (bicyclic) bond motifs is 1. The van der Waals surface area contributed by atoms with Crippen LogP contribution in [0.5, 0.6) is 0 Å². The van der Waals surface area contributed by atoms with Crippen molar-refractivity contribution in [3.8, 4) is 0 Å². The van der Waals surface area contributed by atoms with Crippen LogP contribution in [0.3, 0.4) is 0 Å². The topological polar surface area (TPSA) is 95.7 Å². The van der Waals surface area contributed by atoms with E-state index in [9.17, 15) is 14.4 Å². The minimum atomic E-state index is -0.726. The summed E-state index contributed by atoms with van der Waals surface area (Å²) in [5.74, 6) is -0.459. The van der Waals surface area contributed by atoms with Crippen LogP contribution >= 0.6 is 0 Å². The summed E-state index contributed by atoms with van der Waals surface area (Å²) in [7, 11) is 1.70. The first-order valence-corrected chi connectivity index (χ1v) is 12.4. The standard InChI is InChI=1S/C27H38N4O3/c1-4-20(5-2)26(33)31-15-8-11-24(31)25(32)29-23(27(34)30(3)16-14-28)18-19-12-13-21-9-6-7-10-22(21)17-19/h6-7,9-10,12-13,17,20,23-24H,4-5,8,11,14-16,18,28H2,1-3H3,(H,29,32)/t23-,24?/m1/s1. The number of likely N-dealkylation sites (tertiary alicyclic amines) is 1. The molecule has 3 N–H and O–H groups in total. The van der Waals surface area contributed by atoms with Gasteiger partial charge >= 0.3 is 0 Å². The molecular weight excluding hydrogens is 428 g/mol. The highest BCUT2D eigenvalue weighted by Crippen LogP contribution is 2.23. The SMILES string of the molecule is CCC(CC)C(=O)N1CCCC1C(=O)N[C@H](Cc1ccc2ccccc2c1)C(=O)N(C)CCN. The molecule has 1 fully saturated rings. The molecule has 3 amide bonds. The zero-order valence-electron chi connectivity index (χ0n) is 20.6. The van der Waals surface area contributed by atoms with Gasteiger partial charge in [0.25, 0.3) is 0 Å². The number of hydrogen-bond acceptors (Lipinski definition) is 4. The number of hydrogen-bond donors (Lipinski definition) is 2. The maximum atomic E-state index is 13.4. The van der Waals surface area contributed by atoms with Crippen LogP contribution in [0.25, 0.3) is 10.8 Å². The summed E-state index contributed by atoms with van der Waals surface area (Å²) >= 11 is 0. The zero-order valence-corrected chi connectivity index (χ0v) is 20.6. The number of nitrogens with one attached hydrogen (secondary N) is 1. The maximum Gasteiger partial charge on any atom is 0.245 e. The quantitative estimate of drug-likeness (QED) is 0.563. The second kappa shape index (κ2) is 12.0. The van der Waals surface area contributed by atoms with Crippen LogP contribution in [0.1, 0.15) is 45.1 Å². The predicted octanol–water partition coefficient (Wildman–Crippen LogP) is 2.71. The summed E-state index contributed by atoms with van der Waals surface area (Å²) in [6.07, 6.45) is 3.30. The van der Waals surface area contributed by atoms with Crippen LogP contribution in [-0.2, 0) is 20.8 Å². The summed E-state index contributed by atoms with van der Waals surface area (Å²) < 4.78 is 0. The van der Waals surface area contributed by atoms with E-state index in [-0.39, 0.29) is 23.6 Å². The Morgan fingerprint density at radius 2 is 1.82 bits per heavy atom. The summed E-state index contributed by atoms with van der Waals surface area (Å²) in [6.45, 7) is 5.35. The average Bonchev–Trinajstić information content (AvgIpc) is 3.34. The fraction of sp³-hybridized carbons (Fsp3) is 0.519. The number of nitrogens with zero attached hydrogens (tertiary/aromatic N) is 2. The fourth-order valence-electron chi connectivity index (χ4n) is 4.81. The summed E-state index contributed by atoms with van der Waals surface area (Å²) in [6, 6.07) is 12.9. The molecule has 1 saturated heterocycles. The first-order chi connectivity index (χ1) is 16.4. The van der Waals surface area contributed by atoms with Crippen molar-refractivity contribution in [2.24, 2.45) is 11.7 Å². The van der Waals surface area contributed by atoms with Crippen molar-refractivity contribution in [3.05, 3.63) is 48.0 Å². The molecule has 0 aliphatic carbocycles. The second-order valence-electron chi connectivity index (χ2n) is 9.20. The third-order valence-corrected chi connectivity index (χ3v) is 6.88. The molecule has 0 radical (unpaired) electrons. The van der Waals surface area contributed by atoms with Gasteiger partial charge in [-0.05, 0) is 42.0 Å². The molecule has 7 nitrogen and oxygen atoms in total. The van der Waals surface area contributed by atoms with Crippen molar-refractivity contribution in [1.29, 1.82) is 0 Å². The van der Waals surface area contributed by atoms with Gasteiger partial charge in [-0.25, -0.2) is 0 Å². The number of amides is 3. The Bertz CT molecular complexity index is 1000. The van der Waals surface area contributed by atoms with Crippen LogP contribution in [-0.4, -0.2) is 66.3 Å². The first kappa shape index (κ1) is 25.7. The number of benzene rings is 2. The van der Waals surface area contributed by atoms with Crippen LogP contribution in [0, 0.1) is 5.92 Å². The van der Waals surface area contributed by atoms with E-state index >= 15 is 0 Å². The smallest absolute Gasteiger partial charge is 0.245 e. The lowest BCUT2D eigenvalue weighted by molar-refractivity contribution is -0.143. The summed E-state index contributed by atoms with van der Waals surface area (Å²) in [5.41, 5.74) is 6.63. The number of rotatable bonds is 10. The Morgan fingerprint density at radius 3 is 2.50 bits per heavy atom. The lowest BCUT2D eigenvalue weighted by atomic mass is 10.00. The van der Waals surface area contributed by atoms with Gasteiger partial charge in [0.05, 0.1) is 0 Å². The van der Waals surface area contributed by atoms with Crippen molar-refractivity contribution in [2.75, 3.05) is 26.7 Å². The van der Waals surface area contributed by atoms with E-state index in [1.165, 1.54) is 0 Å². The molecular formula is C27H38N4O3. The van der Waals surface area contributed by atoms with Crippen LogP contribution in [0.2, 0.25) is 0 Å². The number of carbonyl (C=O) groups excluding carboxylic acids is 3. The molecule has 0 bridgehead atoms. The van der Waals surface area contributed by atoms with E-state index < -0.39 is 12.1 Å². The molecule has 184 valence electrons. The van der Waals surface area contributed by atoms with E-state index in [1.54, 1.807) is 16.8 Å². The molecule has 1 unspecified atom stereocenters. The monoisotopic (exact) mass is 466 g/mol. The average molecular weight is 467 g/mol. The van der Waals surface area contributed by atoms with Gasteiger partial charge in [-0.15, -0.1) is 0 Å². The zero-order chi connectivity index (χ0) is 24.7. The van der Waals surface area contributed by atoms with Crippen LogP contribution < -0.4 is 11.1 Å². The van der Waals surface area contributed by atoms with Crippen molar-refractivity contribution < 1.29 is 14.4 Å². The molecule has 3 rings (SSSR count). The largest absolute Gasteiger partial charge is 0.343 e. The van der Waals surface area contributed by atoms with Crippen molar-refractivity contribution in [3.63, 3.8) is 0 Å². The minimum Gasteiger partial charge on any atom is -0.343 e. The Kier molecular flexibility index (Phi) is 9.05. The highest BCUT2D eigenvalue weighted by Gasteiger charge is 2.37. The summed E-state index contributed by atoms with van der Waals surface area (Å²) in [4.78, 5) is 42.9. The Morgan fingerprint density at radius 1 is 1.12 bits per heavy atom. The molecule has 2 atom stereocenters. The number of carbonyl (C=O) groups is 3. The maximum absolute atomic E-state index is 13.4. The number of likely N-dealkylation sites (N-methyl/N-ethyl adjacent to an activating group) is 1. The normalized spacial score (nSPS) is 16.6. The molecule has 1 aliphatic heterocycles. The Hall–Kier alpha value is -2.93. The third-order valence-electron chi connectivity index (χ3n) is 6.88. The van der Waals surface area contributed by atoms with Gasteiger partial charge in [0, 0.05) is 39.0 Å².